The van der Waals surface area contributed by atoms with Crippen LogP contribution in [0.4, 0.5) is 0 Å². The van der Waals surface area contributed by atoms with Gasteiger partial charge in [-0.05, 0) is 91.8 Å². The minimum Gasteiger partial charge on any atom is -0.0993 e. The van der Waals surface area contributed by atoms with E-state index < -0.39 is 0 Å². The van der Waals surface area contributed by atoms with Gasteiger partial charge in [-0.3, -0.25) is 0 Å². The Morgan fingerprint density at radius 1 is 1.04 bits per heavy atom. The average molecular weight is 345 g/mol. The third-order valence-electron chi connectivity index (χ3n) is 9.39. The fourth-order valence-electron chi connectivity index (χ4n) is 7.75. The molecule has 0 heterocycles. The molecule has 0 N–H and O–H groups in total. The summed E-state index contributed by atoms with van der Waals surface area (Å²) in [4.78, 5) is 0. The van der Waals surface area contributed by atoms with Crippen molar-refractivity contribution in [2.45, 2.75) is 105 Å². The van der Waals surface area contributed by atoms with Crippen molar-refractivity contribution < 1.29 is 0 Å². The first-order chi connectivity index (χ1) is 11.9. The van der Waals surface area contributed by atoms with E-state index in [1.807, 2.05) is 0 Å². The molecule has 0 aliphatic heterocycles. The number of fused-ring (bicyclic) bond motifs is 3. The maximum absolute atomic E-state index is 4.56. The largest absolute Gasteiger partial charge is 0.0993 e. The number of hydrogen-bond donors (Lipinski definition) is 0. The van der Waals surface area contributed by atoms with Crippen molar-refractivity contribution in [3.05, 3.63) is 12.2 Å². The molecule has 0 aromatic heterocycles. The third-order valence-corrected chi connectivity index (χ3v) is 9.39. The zero-order valence-corrected chi connectivity index (χ0v) is 17.9. The van der Waals surface area contributed by atoms with E-state index in [9.17, 15) is 0 Å². The van der Waals surface area contributed by atoms with Gasteiger partial charge in [0.05, 0.1) is 0 Å². The van der Waals surface area contributed by atoms with E-state index in [0.717, 1.165) is 29.6 Å². The molecule has 0 amide bonds. The molecule has 0 aromatic carbocycles. The summed E-state index contributed by atoms with van der Waals surface area (Å²) in [6.45, 7) is 17.1. The topological polar surface area (TPSA) is 0 Å². The molecule has 7 atom stereocenters. The number of allylic oxidation sites excluding steroid dienone is 1. The summed E-state index contributed by atoms with van der Waals surface area (Å²) in [6, 6.07) is 0. The summed E-state index contributed by atoms with van der Waals surface area (Å²) in [5.74, 6) is 4.82. The molecule has 0 nitrogen and oxygen atoms in total. The highest BCUT2D eigenvalue weighted by atomic mass is 14.6. The zero-order chi connectivity index (χ0) is 18.2. The van der Waals surface area contributed by atoms with Gasteiger partial charge in [0.1, 0.15) is 0 Å². The molecule has 3 rings (SSSR count). The molecule has 3 aliphatic rings. The highest BCUT2D eigenvalue weighted by molar-refractivity contribution is 5.16. The summed E-state index contributed by atoms with van der Waals surface area (Å²) in [6.07, 6.45) is 15.8. The Morgan fingerprint density at radius 3 is 2.48 bits per heavy atom. The predicted octanol–water partition coefficient (Wildman–Crippen LogP) is 8.03. The van der Waals surface area contributed by atoms with Crippen molar-refractivity contribution in [1.82, 2.24) is 0 Å². The zero-order valence-electron chi connectivity index (χ0n) is 17.9. The van der Waals surface area contributed by atoms with Crippen LogP contribution in [0.1, 0.15) is 105 Å². The van der Waals surface area contributed by atoms with Crippen LogP contribution in [-0.4, -0.2) is 0 Å². The average Bonchev–Trinajstić information content (AvgIpc) is 2.74. The fourth-order valence-corrected chi connectivity index (χ4v) is 7.75. The molecule has 144 valence electrons. The minimum absolute atomic E-state index is 0.410. The molecule has 25 heavy (non-hydrogen) atoms. The highest BCUT2D eigenvalue weighted by Crippen LogP contribution is 2.64. The van der Waals surface area contributed by atoms with E-state index >= 15 is 0 Å². The smallest absolute Gasteiger partial charge is 0.00881 e. The molecule has 0 aromatic rings. The molecule has 0 bridgehead atoms. The van der Waals surface area contributed by atoms with E-state index in [0.29, 0.717) is 10.8 Å². The lowest BCUT2D eigenvalue weighted by Gasteiger charge is -2.60. The molecule has 7 unspecified atom stereocenters. The summed E-state index contributed by atoms with van der Waals surface area (Å²) in [7, 11) is 0. The van der Waals surface area contributed by atoms with Gasteiger partial charge in [0.2, 0.25) is 0 Å². The van der Waals surface area contributed by atoms with Crippen LogP contribution >= 0.6 is 0 Å². The van der Waals surface area contributed by atoms with Crippen molar-refractivity contribution >= 4 is 0 Å². The second-order valence-electron chi connectivity index (χ2n) is 10.6. The molecule has 0 heteroatoms. The van der Waals surface area contributed by atoms with Crippen LogP contribution in [0.2, 0.25) is 0 Å². The Labute approximate surface area is 158 Å². The maximum Gasteiger partial charge on any atom is -0.00881 e. The molecule has 0 spiro atoms. The van der Waals surface area contributed by atoms with Crippen LogP contribution in [0, 0.1) is 40.4 Å². The van der Waals surface area contributed by atoms with Crippen LogP contribution in [0.25, 0.3) is 0 Å². The van der Waals surface area contributed by atoms with Gasteiger partial charge in [-0.25, -0.2) is 0 Å². The molecule has 3 saturated carbocycles. The quantitative estimate of drug-likeness (QED) is 0.453. The van der Waals surface area contributed by atoms with E-state index in [-0.39, 0.29) is 0 Å². The Hall–Kier alpha value is -0.260. The summed E-state index contributed by atoms with van der Waals surface area (Å²) < 4.78 is 0. The van der Waals surface area contributed by atoms with Gasteiger partial charge >= 0.3 is 0 Å². The SMILES string of the molecule is C=C(CC)C1(C)CCC2C(CCC3CC(C)CCCC32C)C1CCC. The van der Waals surface area contributed by atoms with Crippen molar-refractivity contribution in [2.75, 3.05) is 0 Å². The lowest BCUT2D eigenvalue weighted by atomic mass is 9.45. The molecule has 0 radical (unpaired) electrons. The van der Waals surface area contributed by atoms with Crippen LogP contribution in [0.5, 0.6) is 0 Å². The van der Waals surface area contributed by atoms with Gasteiger partial charge < -0.3 is 0 Å². The Balaban J connectivity index is 1.91. The number of hydrogen-bond acceptors (Lipinski definition) is 0. The van der Waals surface area contributed by atoms with E-state index in [4.69, 9.17) is 0 Å². The summed E-state index contributed by atoms with van der Waals surface area (Å²) in [5, 5.41) is 0. The van der Waals surface area contributed by atoms with Crippen molar-refractivity contribution in [1.29, 1.82) is 0 Å². The fraction of sp³-hybridized carbons (Fsp3) is 0.920. The van der Waals surface area contributed by atoms with Gasteiger partial charge in [0.25, 0.3) is 0 Å². The standard InChI is InChI=1S/C25H44/c1-7-10-22-21-13-12-20-17-18(3)11-9-15-25(20,6)23(21)14-16-24(22,5)19(4)8-2/h18,20-23H,4,7-17H2,1-3,5-6H3. The molecule has 3 fully saturated rings. The first-order valence-corrected chi connectivity index (χ1v) is 11.5. The van der Waals surface area contributed by atoms with Gasteiger partial charge in [-0.15, -0.1) is 0 Å². The highest BCUT2D eigenvalue weighted by Gasteiger charge is 2.56. The van der Waals surface area contributed by atoms with Crippen LogP contribution < -0.4 is 0 Å². The third kappa shape index (κ3) is 3.25. The Morgan fingerprint density at radius 2 is 1.80 bits per heavy atom. The second-order valence-corrected chi connectivity index (χ2v) is 10.6. The van der Waals surface area contributed by atoms with E-state index in [1.165, 1.54) is 70.6 Å². The van der Waals surface area contributed by atoms with Gasteiger partial charge in [-0.1, -0.05) is 66.0 Å². The second kappa shape index (κ2) is 7.40. The van der Waals surface area contributed by atoms with E-state index in [2.05, 4.69) is 41.2 Å². The van der Waals surface area contributed by atoms with Crippen LogP contribution in [0.3, 0.4) is 0 Å². The molecule has 3 aliphatic carbocycles. The summed E-state index contributed by atoms with van der Waals surface area (Å²) in [5.41, 5.74) is 2.59. The van der Waals surface area contributed by atoms with Crippen LogP contribution in [-0.2, 0) is 0 Å². The molecule has 0 saturated heterocycles. The van der Waals surface area contributed by atoms with Crippen LogP contribution in [0.15, 0.2) is 12.2 Å². The predicted molar refractivity (Wildman–Crippen MR) is 111 cm³/mol. The van der Waals surface area contributed by atoms with Crippen molar-refractivity contribution in [2.24, 2.45) is 40.4 Å². The Bertz CT molecular complexity index is 476. The first kappa shape index (κ1) is 19.5. The van der Waals surface area contributed by atoms with Gasteiger partial charge in [0, 0.05) is 0 Å². The summed E-state index contributed by atoms with van der Waals surface area (Å²) >= 11 is 0. The first-order valence-electron chi connectivity index (χ1n) is 11.5. The number of rotatable bonds is 4. The minimum atomic E-state index is 0.410. The molecular formula is C25H44. The van der Waals surface area contributed by atoms with Gasteiger partial charge in [0.15, 0.2) is 0 Å². The lowest BCUT2D eigenvalue weighted by molar-refractivity contribution is -0.0940. The normalized spacial score (nSPS) is 47.5. The van der Waals surface area contributed by atoms with Crippen molar-refractivity contribution in [3.8, 4) is 0 Å². The molecular weight excluding hydrogens is 300 g/mol. The Kier molecular flexibility index (Phi) is 5.77. The van der Waals surface area contributed by atoms with Gasteiger partial charge in [-0.2, -0.15) is 0 Å². The van der Waals surface area contributed by atoms with Crippen molar-refractivity contribution in [3.63, 3.8) is 0 Å². The maximum atomic E-state index is 4.56. The van der Waals surface area contributed by atoms with E-state index in [1.54, 1.807) is 5.57 Å². The lowest BCUT2D eigenvalue weighted by Crippen LogP contribution is -2.52. The monoisotopic (exact) mass is 344 g/mol.